The van der Waals surface area contributed by atoms with Gasteiger partial charge in [0.05, 0.1) is 6.04 Å². The molecule has 2 amide bonds. The van der Waals surface area contributed by atoms with Gasteiger partial charge in [0, 0.05) is 19.0 Å². The molecule has 21 heavy (non-hydrogen) atoms. The highest BCUT2D eigenvalue weighted by molar-refractivity contribution is 5.80. The number of piperidine rings is 1. The van der Waals surface area contributed by atoms with E-state index in [1.807, 2.05) is 30.3 Å². The molecule has 2 heterocycles. The molecule has 2 aliphatic heterocycles. The molecule has 2 unspecified atom stereocenters. The Morgan fingerprint density at radius 2 is 2.05 bits per heavy atom. The van der Waals surface area contributed by atoms with Crippen molar-refractivity contribution < 1.29 is 14.4 Å². The van der Waals surface area contributed by atoms with Gasteiger partial charge in [-0.25, -0.2) is 4.79 Å². The predicted molar refractivity (Wildman–Crippen MR) is 77.3 cm³/mol. The Balaban J connectivity index is 1.63. The zero-order valence-corrected chi connectivity index (χ0v) is 12.2. The lowest BCUT2D eigenvalue weighted by atomic mass is 9.97. The fraction of sp³-hybridized carbons (Fsp3) is 0.500. The summed E-state index contributed by atoms with van der Waals surface area (Å²) in [6.45, 7) is 2.65. The molecule has 2 saturated heterocycles. The van der Waals surface area contributed by atoms with Crippen molar-refractivity contribution in [2.75, 3.05) is 6.54 Å². The molecular formula is C16H20N2O3. The molecule has 2 bridgehead atoms. The highest BCUT2D eigenvalue weighted by atomic mass is 16.7. The third kappa shape index (κ3) is 2.93. The number of Topliss-reactive ketones (excluding diaryl/α,β-unsaturated/α-hetero) is 1. The summed E-state index contributed by atoms with van der Waals surface area (Å²) in [6, 6.07) is 9.87. The Morgan fingerprint density at radius 1 is 1.29 bits per heavy atom. The van der Waals surface area contributed by atoms with Crippen molar-refractivity contribution in [3.8, 4) is 0 Å². The average Bonchev–Trinajstić information content (AvgIpc) is 2.73. The second kappa shape index (κ2) is 5.85. The fourth-order valence-corrected chi connectivity index (χ4v) is 3.14. The van der Waals surface area contributed by atoms with Gasteiger partial charge in [0.15, 0.2) is 0 Å². The Kier molecular flexibility index (Phi) is 3.92. The summed E-state index contributed by atoms with van der Waals surface area (Å²) in [5.41, 5.74) is 1.04. The number of carbonyl (C=O) groups is 2. The van der Waals surface area contributed by atoms with Crippen LogP contribution < -0.4 is 0 Å². The van der Waals surface area contributed by atoms with Gasteiger partial charge in [-0.3, -0.25) is 9.63 Å². The van der Waals surface area contributed by atoms with Crippen molar-refractivity contribution in [1.29, 1.82) is 0 Å². The van der Waals surface area contributed by atoms with Crippen molar-refractivity contribution in [1.82, 2.24) is 9.96 Å². The van der Waals surface area contributed by atoms with Crippen LogP contribution in [0.15, 0.2) is 30.3 Å². The fourth-order valence-electron chi connectivity index (χ4n) is 3.14. The van der Waals surface area contributed by atoms with E-state index < -0.39 is 0 Å². The molecule has 1 aromatic carbocycles. The summed E-state index contributed by atoms with van der Waals surface area (Å²) in [4.78, 5) is 31.2. The zero-order valence-electron chi connectivity index (χ0n) is 12.2. The van der Waals surface area contributed by atoms with Crippen LogP contribution in [-0.2, 0) is 16.2 Å². The quantitative estimate of drug-likeness (QED) is 0.835. The first-order chi connectivity index (χ1) is 10.1. The maximum Gasteiger partial charge on any atom is 0.344 e. The van der Waals surface area contributed by atoms with Crippen LogP contribution in [0.1, 0.15) is 31.7 Å². The number of hydrogen-bond acceptors (Lipinski definition) is 3. The Bertz CT molecular complexity index is 532. The molecule has 5 nitrogen and oxygen atoms in total. The number of hydroxylamine groups is 2. The molecule has 1 aromatic rings. The lowest BCUT2D eigenvalue weighted by Crippen LogP contribution is -2.41. The summed E-state index contributed by atoms with van der Waals surface area (Å²) >= 11 is 0. The summed E-state index contributed by atoms with van der Waals surface area (Å²) < 4.78 is 0. The molecular weight excluding hydrogens is 268 g/mol. The molecule has 5 heteroatoms. The van der Waals surface area contributed by atoms with Crippen molar-refractivity contribution in [3.05, 3.63) is 35.9 Å². The van der Waals surface area contributed by atoms with Crippen LogP contribution in [0.25, 0.3) is 0 Å². The van der Waals surface area contributed by atoms with Gasteiger partial charge in [0.1, 0.15) is 12.4 Å². The lowest BCUT2D eigenvalue weighted by Gasteiger charge is -2.29. The highest BCUT2D eigenvalue weighted by Gasteiger charge is 2.45. The van der Waals surface area contributed by atoms with Crippen LogP contribution in [-0.4, -0.2) is 40.4 Å². The van der Waals surface area contributed by atoms with E-state index in [4.69, 9.17) is 4.84 Å². The molecule has 0 N–H and O–H groups in total. The van der Waals surface area contributed by atoms with Gasteiger partial charge in [-0.05, 0) is 25.3 Å². The molecule has 3 rings (SSSR count). The van der Waals surface area contributed by atoms with Crippen molar-refractivity contribution in [2.45, 2.75) is 44.9 Å². The molecule has 2 fully saturated rings. The van der Waals surface area contributed by atoms with Gasteiger partial charge in [-0.2, -0.15) is 5.06 Å². The van der Waals surface area contributed by atoms with Crippen molar-refractivity contribution >= 4 is 11.8 Å². The monoisotopic (exact) mass is 288 g/mol. The molecule has 0 aliphatic carbocycles. The summed E-state index contributed by atoms with van der Waals surface area (Å²) in [5, 5.41) is 1.51. The van der Waals surface area contributed by atoms with Gasteiger partial charge < -0.3 is 4.90 Å². The highest BCUT2D eigenvalue weighted by Crippen LogP contribution is 2.31. The summed E-state index contributed by atoms with van der Waals surface area (Å²) in [6.07, 6.45) is 2.22. The van der Waals surface area contributed by atoms with Crippen LogP contribution in [0, 0.1) is 0 Å². The molecule has 0 saturated carbocycles. The zero-order chi connectivity index (χ0) is 14.8. The smallest absolute Gasteiger partial charge is 0.317 e. The van der Waals surface area contributed by atoms with Gasteiger partial charge in [-0.1, -0.05) is 30.3 Å². The average molecular weight is 288 g/mol. The molecule has 112 valence electrons. The van der Waals surface area contributed by atoms with Gasteiger partial charge in [0.25, 0.3) is 0 Å². The van der Waals surface area contributed by atoms with E-state index in [1.165, 1.54) is 5.06 Å². The summed E-state index contributed by atoms with van der Waals surface area (Å²) in [7, 11) is 0. The van der Waals surface area contributed by atoms with Crippen LogP contribution in [0.3, 0.4) is 0 Å². The number of benzene rings is 1. The van der Waals surface area contributed by atoms with Crippen molar-refractivity contribution in [3.63, 3.8) is 0 Å². The van der Waals surface area contributed by atoms with E-state index in [2.05, 4.69) is 0 Å². The largest absolute Gasteiger partial charge is 0.344 e. The minimum absolute atomic E-state index is 0.0385. The third-order valence-electron chi connectivity index (χ3n) is 4.18. The molecule has 0 spiro atoms. The van der Waals surface area contributed by atoms with Crippen molar-refractivity contribution in [2.24, 2.45) is 0 Å². The second-order valence-electron chi connectivity index (χ2n) is 5.81. The van der Waals surface area contributed by atoms with E-state index in [9.17, 15) is 9.59 Å². The molecule has 2 aliphatic rings. The minimum Gasteiger partial charge on any atom is -0.317 e. The molecule has 2 atom stereocenters. The first-order valence-corrected chi connectivity index (χ1v) is 7.41. The summed E-state index contributed by atoms with van der Waals surface area (Å²) in [5.74, 6) is 0.134. The third-order valence-corrected chi connectivity index (χ3v) is 4.18. The van der Waals surface area contributed by atoms with Crippen LogP contribution in [0.2, 0.25) is 0 Å². The van der Waals surface area contributed by atoms with Crippen LogP contribution in [0.5, 0.6) is 0 Å². The van der Waals surface area contributed by atoms with E-state index >= 15 is 0 Å². The minimum atomic E-state index is -0.0975. The first-order valence-electron chi connectivity index (χ1n) is 7.41. The standard InChI is InChI=1S/C16H20N2O3/c1-12(19)9-14-7-8-15-10-17(14)16(20)18(15)21-11-13-5-3-2-4-6-13/h2-6,14-15H,7-11H2,1H3. The number of urea groups is 1. The Hall–Kier alpha value is -1.88. The Labute approximate surface area is 124 Å². The maximum absolute atomic E-state index is 12.4. The number of nitrogens with zero attached hydrogens (tertiary/aromatic N) is 2. The van der Waals surface area contributed by atoms with E-state index in [1.54, 1.807) is 11.8 Å². The number of fused-ring (bicyclic) bond motifs is 2. The maximum atomic E-state index is 12.4. The second-order valence-corrected chi connectivity index (χ2v) is 5.81. The molecule has 0 radical (unpaired) electrons. The number of carbonyl (C=O) groups excluding carboxylic acids is 2. The predicted octanol–water partition coefficient (Wildman–Crippen LogP) is 2.37. The van der Waals surface area contributed by atoms with E-state index in [0.29, 0.717) is 19.6 Å². The number of hydrogen-bond donors (Lipinski definition) is 0. The SMILES string of the molecule is CC(=O)CC1CCC2CN1C(=O)N2OCc1ccccc1. The number of amides is 2. The van der Waals surface area contributed by atoms with Crippen LogP contribution >= 0.6 is 0 Å². The van der Waals surface area contributed by atoms with E-state index in [0.717, 1.165) is 18.4 Å². The van der Waals surface area contributed by atoms with Gasteiger partial charge in [0.2, 0.25) is 0 Å². The molecule has 0 aromatic heterocycles. The first kappa shape index (κ1) is 14.1. The lowest BCUT2D eigenvalue weighted by molar-refractivity contribution is -0.140. The Morgan fingerprint density at radius 3 is 2.76 bits per heavy atom. The number of ketones is 1. The van der Waals surface area contributed by atoms with Crippen LogP contribution in [0.4, 0.5) is 4.79 Å². The number of rotatable bonds is 5. The van der Waals surface area contributed by atoms with E-state index in [-0.39, 0.29) is 23.9 Å². The topological polar surface area (TPSA) is 49.9 Å². The van der Waals surface area contributed by atoms with Gasteiger partial charge >= 0.3 is 6.03 Å². The normalized spacial score (nSPS) is 24.5. The van der Waals surface area contributed by atoms with Gasteiger partial charge in [-0.15, -0.1) is 0 Å².